The zero-order valence-corrected chi connectivity index (χ0v) is 32.9. The fourth-order valence-electron chi connectivity index (χ4n) is 10.2. The maximum absolute atomic E-state index is 7.47. The van der Waals surface area contributed by atoms with E-state index in [1.807, 2.05) is 12.1 Å². The lowest BCUT2D eigenvalue weighted by Gasteiger charge is -2.18. The van der Waals surface area contributed by atoms with E-state index in [1.165, 1.54) is 109 Å². The molecule has 0 saturated heterocycles. The van der Waals surface area contributed by atoms with Crippen LogP contribution in [-0.4, -0.2) is 0 Å². The van der Waals surface area contributed by atoms with Gasteiger partial charge in [-0.3, -0.25) is 0 Å². The van der Waals surface area contributed by atoms with Gasteiger partial charge in [0.1, 0.15) is 11.2 Å². The van der Waals surface area contributed by atoms with Crippen LogP contribution < -0.4 is 0 Å². The van der Waals surface area contributed by atoms with Gasteiger partial charge < -0.3 is 4.42 Å². The van der Waals surface area contributed by atoms with Crippen LogP contribution in [0.2, 0.25) is 0 Å². The minimum Gasteiger partial charge on any atom is -0.456 e. The topological polar surface area (TPSA) is 17.5 Å². The molecule has 1 heterocycles. The van der Waals surface area contributed by atoms with E-state index in [1.54, 1.807) is 0 Å². The summed E-state index contributed by atoms with van der Waals surface area (Å²) in [6.07, 6.45) is 0. The van der Waals surface area contributed by atoms with Gasteiger partial charge in [0.2, 0.25) is 0 Å². The normalized spacial score (nSPS) is 11.9. The molecule has 2 heteroatoms. The lowest BCUT2D eigenvalue weighted by molar-refractivity contribution is 0.670. The number of hydrogen-bond acceptors (Lipinski definition) is 1. The molecule has 13 aromatic rings. The monoisotopic (exact) mass is 771 g/mol. The van der Waals surface area contributed by atoms with Crippen molar-refractivity contribution in [2.75, 3.05) is 0 Å². The van der Waals surface area contributed by atoms with E-state index in [9.17, 15) is 0 Å². The Morgan fingerprint density at radius 2 is 0.770 bits per heavy atom. The van der Waals surface area contributed by atoms with Gasteiger partial charge in [0, 0.05) is 10.8 Å². The van der Waals surface area contributed by atoms with Crippen LogP contribution in [0.1, 0.15) is 0 Å². The van der Waals surface area contributed by atoms with Gasteiger partial charge in [-0.2, -0.15) is 0 Å². The van der Waals surface area contributed by atoms with Gasteiger partial charge in [-0.15, -0.1) is 0 Å². The average molecular weight is 772 g/mol. The number of benzene rings is 12. The first-order valence-corrected chi connectivity index (χ1v) is 20.8. The van der Waals surface area contributed by atoms with Crippen LogP contribution in [0.15, 0.2) is 205 Å². The summed E-state index contributed by atoms with van der Waals surface area (Å²) in [7, 11) is 0. The largest absolute Gasteiger partial charge is 0.456 e. The maximum atomic E-state index is 7.47. The van der Waals surface area contributed by atoms with Gasteiger partial charge in [-0.05, 0) is 145 Å². The van der Waals surface area contributed by atoms with Crippen LogP contribution in [0.25, 0.3) is 136 Å². The molecule has 0 aliphatic rings. The first kappa shape index (κ1) is 33.7. The molecule has 0 aliphatic carbocycles. The molecule has 280 valence electrons. The molecule has 1 aromatic heterocycles. The van der Waals surface area contributed by atoms with Gasteiger partial charge in [0.15, 0.2) is 5.69 Å². The number of nitrogens with zero attached hydrogens (tertiary/aromatic N) is 1. The van der Waals surface area contributed by atoms with Crippen molar-refractivity contribution in [2.45, 2.75) is 0 Å². The molecule has 12 aromatic carbocycles. The predicted molar refractivity (Wildman–Crippen MR) is 259 cm³/mol. The molecule has 0 unspecified atom stereocenters. The minimum absolute atomic E-state index is 0.648. The maximum Gasteiger partial charge on any atom is 0.187 e. The van der Waals surface area contributed by atoms with E-state index in [4.69, 9.17) is 11.0 Å². The molecular formula is C59H33NO. The van der Waals surface area contributed by atoms with E-state index < -0.39 is 0 Å². The Morgan fingerprint density at radius 1 is 0.295 bits per heavy atom. The molecule has 0 atom stereocenters. The van der Waals surface area contributed by atoms with Crippen LogP contribution >= 0.6 is 0 Å². The van der Waals surface area contributed by atoms with Crippen molar-refractivity contribution in [3.8, 4) is 33.4 Å². The van der Waals surface area contributed by atoms with E-state index in [0.29, 0.717) is 5.69 Å². The second-order valence-electron chi connectivity index (χ2n) is 16.2. The smallest absolute Gasteiger partial charge is 0.187 e. The first-order chi connectivity index (χ1) is 30.2. The van der Waals surface area contributed by atoms with Crippen molar-refractivity contribution < 1.29 is 4.42 Å². The predicted octanol–water partition coefficient (Wildman–Crippen LogP) is 17.2. The third kappa shape index (κ3) is 5.02. The molecule has 0 spiro atoms. The van der Waals surface area contributed by atoms with Gasteiger partial charge >= 0.3 is 0 Å². The van der Waals surface area contributed by atoms with Crippen LogP contribution in [0, 0.1) is 6.57 Å². The Labute approximate surface area is 350 Å². The van der Waals surface area contributed by atoms with Gasteiger partial charge in [0.25, 0.3) is 0 Å². The molecule has 2 nitrogen and oxygen atoms in total. The second kappa shape index (κ2) is 12.9. The van der Waals surface area contributed by atoms with Gasteiger partial charge in [0.05, 0.1) is 6.57 Å². The molecule has 0 radical (unpaired) electrons. The summed E-state index contributed by atoms with van der Waals surface area (Å²) in [4.78, 5) is 3.63. The lowest BCUT2D eigenvalue weighted by Crippen LogP contribution is -1.91. The van der Waals surface area contributed by atoms with E-state index in [-0.39, 0.29) is 0 Å². The van der Waals surface area contributed by atoms with E-state index in [2.05, 4.69) is 193 Å². The highest BCUT2D eigenvalue weighted by molar-refractivity contribution is 6.30. The Hall–Kier alpha value is -8.25. The van der Waals surface area contributed by atoms with Crippen molar-refractivity contribution in [3.05, 3.63) is 212 Å². The SMILES string of the molecule is [C-]#[N+]c1ccc(-c2c3ccccc3c(-c3ccc4cc(-c5ccc6c(c5)c5ccccc5c5cc7c(cc65)oc5ccc6ccccc6c57)ccc4c3)c3ccccc23)cc1. The lowest BCUT2D eigenvalue weighted by atomic mass is 9.85. The average Bonchev–Trinajstić information content (AvgIpc) is 3.70. The zero-order valence-electron chi connectivity index (χ0n) is 32.9. The van der Waals surface area contributed by atoms with Crippen molar-refractivity contribution in [2.24, 2.45) is 0 Å². The molecule has 0 fully saturated rings. The first-order valence-electron chi connectivity index (χ1n) is 20.8. The Bertz CT molecular complexity index is 3990. The Balaban J connectivity index is 0.951. The molecule has 13 rings (SSSR count). The molecule has 0 N–H and O–H groups in total. The highest BCUT2D eigenvalue weighted by atomic mass is 16.3. The highest BCUT2D eigenvalue weighted by Crippen LogP contribution is 2.46. The van der Waals surface area contributed by atoms with Crippen molar-refractivity contribution in [3.63, 3.8) is 0 Å². The van der Waals surface area contributed by atoms with Crippen molar-refractivity contribution in [1.82, 2.24) is 0 Å². The fraction of sp³-hybridized carbons (Fsp3) is 0. The molecule has 0 amide bonds. The van der Waals surface area contributed by atoms with Crippen LogP contribution in [0.5, 0.6) is 0 Å². The summed E-state index contributed by atoms with van der Waals surface area (Å²) in [6.45, 7) is 7.47. The standard InChI is InChI=1S/C59H33NO/c1-60-42-26-22-36(23-27-42)57-47-14-6-8-16-49(47)58(50-17-9-7-15-48(50)57)41-21-20-37-30-38(18-19-39(37)31-41)40-24-28-46-51(32-40)44-12-4-5-13-45(44)52-33-54-56(34-53(46)52)61-55-29-25-35-10-2-3-11-43(35)59(54)55/h2-34H. The quantitative estimate of drug-likeness (QED) is 0.0993. The third-order valence-electron chi connectivity index (χ3n) is 13.0. The number of hydrogen-bond donors (Lipinski definition) is 0. The Kier molecular flexibility index (Phi) is 7.11. The summed E-state index contributed by atoms with van der Waals surface area (Å²) in [6, 6.07) is 72.5. The number of fused-ring (bicyclic) bond motifs is 14. The van der Waals surface area contributed by atoms with E-state index >= 15 is 0 Å². The summed E-state index contributed by atoms with van der Waals surface area (Å²) >= 11 is 0. The third-order valence-corrected chi connectivity index (χ3v) is 13.0. The van der Waals surface area contributed by atoms with Crippen LogP contribution in [0.4, 0.5) is 5.69 Å². The van der Waals surface area contributed by atoms with Gasteiger partial charge in [-0.25, -0.2) is 4.85 Å². The van der Waals surface area contributed by atoms with Crippen molar-refractivity contribution >= 4 is 103 Å². The van der Waals surface area contributed by atoms with Crippen LogP contribution in [0.3, 0.4) is 0 Å². The minimum atomic E-state index is 0.648. The number of rotatable bonds is 3. The summed E-state index contributed by atoms with van der Waals surface area (Å²) < 4.78 is 6.56. The fourth-order valence-corrected chi connectivity index (χ4v) is 10.2. The second-order valence-corrected chi connectivity index (χ2v) is 16.2. The molecule has 0 aliphatic heterocycles. The molecule has 0 saturated carbocycles. The molecule has 61 heavy (non-hydrogen) atoms. The summed E-state index contributed by atoms with van der Waals surface area (Å²) in [5.41, 5.74) is 9.61. The zero-order chi connectivity index (χ0) is 40.2. The molecule has 0 bridgehead atoms. The summed E-state index contributed by atoms with van der Waals surface area (Å²) in [5.74, 6) is 0. The van der Waals surface area contributed by atoms with Crippen LogP contribution in [-0.2, 0) is 0 Å². The van der Waals surface area contributed by atoms with Gasteiger partial charge in [-0.1, -0.05) is 164 Å². The Morgan fingerprint density at radius 3 is 1.44 bits per heavy atom. The summed E-state index contributed by atoms with van der Waals surface area (Å²) in [5, 5.41) is 19.4. The highest BCUT2D eigenvalue weighted by Gasteiger charge is 2.19. The molecular weight excluding hydrogens is 739 g/mol. The number of furan rings is 1. The van der Waals surface area contributed by atoms with Crippen molar-refractivity contribution in [1.29, 1.82) is 0 Å². The van der Waals surface area contributed by atoms with E-state index in [0.717, 1.165) is 22.1 Å².